The van der Waals surface area contributed by atoms with E-state index in [9.17, 15) is 0 Å². The van der Waals surface area contributed by atoms with E-state index >= 15 is 0 Å². The van der Waals surface area contributed by atoms with Gasteiger partial charge in [-0.3, -0.25) is 11.1 Å². The topological polar surface area (TPSA) is 115 Å². The highest BCUT2D eigenvalue weighted by molar-refractivity contribution is 5.98. The quantitative estimate of drug-likeness (QED) is 0.469. The Morgan fingerprint density at radius 3 is 2.07 bits per heavy atom. The Kier molecular flexibility index (Phi) is 2.05. The molecule has 0 aromatic heterocycles. The van der Waals surface area contributed by atoms with Crippen molar-refractivity contribution in [2.24, 2.45) is 27.2 Å². The van der Waals surface area contributed by atoms with Crippen LogP contribution in [0.15, 0.2) is 40.3 Å². The molecule has 0 amide bonds. The largest absolute Gasteiger partial charge is 0.369 e. The van der Waals surface area contributed by atoms with Crippen molar-refractivity contribution < 1.29 is 0 Å². The number of hydrogen-bond acceptors (Lipinski definition) is 6. The van der Waals surface area contributed by atoms with Crippen LogP contribution in [0.25, 0.3) is 0 Å². The first-order chi connectivity index (χ1) is 7.10. The highest BCUT2D eigenvalue weighted by atomic mass is 15.4. The Hall–Kier alpha value is -2.08. The number of nitrogens with zero attached hydrogens (tertiary/aromatic N) is 2. The van der Waals surface area contributed by atoms with Crippen LogP contribution in [0.5, 0.6) is 0 Å². The van der Waals surface area contributed by atoms with Gasteiger partial charge in [0, 0.05) is 5.56 Å². The van der Waals surface area contributed by atoms with Gasteiger partial charge in [0.15, 0.2) is 11.9 Å². The molecule has 6 heteroatoms. The predicted molar refractivity (Wildman–Crippen MR) is 58.7 cm³/mol. The van der Waals surface area contributed by atoms with E-state index in [-0.39, 0.29) is 11.9 Å². The fourth-order valence-corrected chi connectivity index (χ4v) is 1.39. The van der Waals surface area contributed by atoms with Gasteiger partial charge in [0.25, 0.3) is 0 Å². The summed E-state index contributed by atoms with van der Waals surface area (Å²) in [5.41, 5.74) is 17.8. The Morgan fingerprint density at radius 2 is 1.53 bits per heavy atom. The van der Waals surface area contributed by atoms with E-state index in [2.05, 4.69) is 15.3 Å². The summed E-state index contributed by atoms with van der Waals surface area (Å²) < 4.78 is 0. The average molecular weight is 204 g/mol. The van der Waals surface area contributed by atoms with Gasteiger partial charge in [-0.05, 0) is 0 Å². The maximum atomic E-state index is 5.99. The molecule has 6 nitrogen and oxygen atoms in total. The third-order valence-corrected chi connectivity index (χ3v) is 2.04. The maximum Gasteiger partial charge on any atom is 0.235 e. The number of rotatable bonds is 1. The van der Waals surface area contributed by atoms with Crippen LogP contribution in [-0.4, -0.2) is 11.9 Å². The summed E-state index contributed by atoms with van der Waals surface area (Å²) in [5, 5.41) is 2.58. The lowest BCUT2D eigenvalue weighted by Gasteiger charge is -2.26. The molecule has 1 aromatic rings. The van der Waals surface area contributed by atoms with Gasteiger partial charge in [0.05, 0.1) is 0 Å². The van der Waals surface area contributed by atoms with Crippen molar-refractivity contribution in [1.82, 2.24) is 5.32 Å². The highest BCUT2D eigenvalue weighted by Gasteiger charge is 2.29. The van der Waals surface area contributed by atoms with E-state index < -0.39 is 5.79 Å². The summed E-state index contributed by atoms with van der Waals surface area (Å²) in [6, 6.07) is 9.22. The summed E-state index contributed by atoms with van der Waals surface area (Å²) in [4.78, 5) is 8.06. The van der Waals surface area contributed by atoms with E-state index in [1.165, 1.54) is 0 Å². The summed E-state index contributed by atoms with van der Waals surface area (Å²) in [5.74, 6) is -0.900. The minimum absolute atomic E-state index is 0.161. The molecule has 78 valence electrons. The minimum atomic E-state index is -1.22. The van der Waals surface area contributed by atoms with E-state index in [1.54, 1.807) is 0 Å². The second kappa shape index (κ2) is 3.25. The van der Waals surface area contributed by atoms with E-state index in [4.69, 9.17) is 17.2 Å². The molecule has 2 rings (SSSR count). The number of nitrogens with one attached hydrogen (secondary N) is 1. The van der Waals surface area contributed by atoms with Gasteiger partial charge < -0.3 is 11.5 Å². The van der Waals surface area contributed by atoms with Gasteiger partial charge >= 0.3 is 0 Å². The summed E-state index contributed by atoms with van der Waals surface area (Å²) in [6.45, 7) is 0. The van der Waals surface area contributed by atoms with Crippen LogP contribution in [0, 0.1) is 0 Å². The Labute approximate surface area is 86.9 Å². The SMILES string of the molecule is NC1=NC(N)(c2ccccc2)N=C(N)N1. The van der Waals surface area contributed by atoms with Crippen LogP contribution < -0.4 is 22.5 Å². The van der Waals surface area contributed by atoms with Gasteiger partial charge in [-0.2, -0.15) is 0 Å². The van der Waals surface area contributed by atoms with Crippen LogP contribution in [0.2, 0.25) is 0 Å². The van der Waals surface area contributed by atoms with Crippen molar-refractivity contribution in [2.45, 2.75) is 5.79 Å². The predicted octanol–water partition coefficient (Wildman–Crippen LogP) is -1.01. The van der Waals surface area contributed by atoms with Gasteiger partial charge in [-0.1, -0.05) is 30.3 Å². The lowest BCUT2D eigenvalue weighted by atomic mass is 10.1. The van der Waals surface area contributed by atoms with Crippen LogP contribution in [0.4, 0.5) is 0 Å². The van der Waals surface area contributed by atoms with E-state index in [0.717, 1.165) is 5.56 Å². The van der Waals surface area contributed by atoms with Crippen LogP contribution in [0.3, 0.4) is 0 Å². The lowest BCUT2D eigenvalue weighted by Crippen LogP contribution is -2.51. The van der Waals surface area contributed by atoms with Gasteiger partial charge in [0.1, 0.15) is 0 Å². The number of guanidine groups is 2. The van der Waals surface area contributed by atoms with Crippen LogP contribution in [0.1, 0.15) is 5.56 Å². The molecule has 0 unspecified atom stereocenters. The number of nitrogens with two attached hydrogens (primary N) is 3. The van der Waals surface area contributed by atoms with E-state index in [0.29, 0.717) is 0 Å². The summed E-state index contributed by atoms with van der Waals surface area (Å²) in [6.07, 6.45) is 0. The number of hydrogen-bond donors (Lipinski definition) is 4. The van der Waals surface area contributed by atoms with Crippen molar-refractivity contribution >= 4 is 11.9 Å². The third-order valence-electron chi connectivity index (χ3n) is 2.04. The van der Waals surface area contributed by atoms with Gasteiger partial charge in [-0.15, -0.1) is 0 Å². The molecule has 7 N–H and O–H groups in total. The molecule has 0 spiro atoms. The molecular formula is C9H12N6. The molecule has 1 aliphatic rings. The zero-order chi connectivity index (χ0) is 10.9. The second-order valence-corrected chi connectivity index (χ2v) is 3.21. The molecule has 1 heterocycles. The monoisotopic (exact) mass is 204 g/mol. The second-order valence-electron chi connectivity index (χ2n) is 3.21. The zero-order valence-electron chi connectivity index (χ0n) is 8.01. The molecular weight excluding hydrogens is 192 g/mol. The Morgan fingerprint density at radius 1 is 1.00 bits per heavy atom. The molecule has 0 saturated carbocycles. The smallest absolute Gasteiger partial charge is 0.235 e. The first-order valence-corrected chi connectivity index (χ1v) is 4.42. The molecule has 0 radical (unpaired) electrons. The number of benzene rings is 1. The van der Waals surface area contributed by atoms with Crippen molar-refractivity contribution in [3.05, 3.63) is 35.9 Å². The average Bonchev–Trinajstić information content (AvgIpc) is 2.17. The van der Waals surface area contributed by atoms with Crippen molar-refractivity contribution in [1.29, 1.82) is 0 Å². The van der Waals surface area contributed by atoms with Crippen molar-refractivity contribution in [3.8, 4) is 0 Å². The van der Waals surface area contributed by atoms with Gasteiger partial charge in [-0.25, -0.2) is 9.98 Å². The van der Waals surface area contributed by atoms with Crippen LogP contribution >= 0.6 is 0 Å². The standard InChI is InChI=1S/C9H12N6/c10-7-13-8(11)15-9(12,14-7)6-4-2-1-3-5-6/h1-5H,12H2,(H5,10,11,13,14,15). The Balaban J connectivity index is 2.46. The van der Waals surface area contributed by atoms with Crippen LogP contribution in [-0.2, 0) is 5.79 Å². The molecule has 0 saturated heterocycles. The van der Waals surface area contributed by atoms with Gasteiger partial charge in [0.2, 0.25) is 5.79 Å². The third kappa shape index (κ3) is 1.75. The maximum absolute atomic E-state index is 5.99. The summed E-state index contributed by atoms with van der Waals surface area (Å²) in [7, 11) is 0. The lowest BCUT2D eigenvalue weighted by molar-refractivity contribution is 0.484. The molecule has 0 atom stereocenters. The van der Waals surface area contributed by atoms with Crippen molar-refractivity contribution in [2.75, 3.05) is 0 Å². The molecule has 0 fully saturated rings. The number of aliphatic imine (C=N–C) groups is 2. The Bertz CT molecular complexity index is 403. The fourth-order valence-electron chi connectivity index (χ4n) is 1.39. The summed E-state index contributed by atoms with van der Waals surface area (Å²) >= 11 is 0. The van der Waals surface area contributed by atoms with E-state index in [1.807, 2.05) is 30.3 Å². The molecule has 0 bridgehead atoms. The highest BCUT2D eigenvalue weighted by Crippen LogP contribution is 2.22. The fraction of sp³-hybridized carbons (Fsp3) is 0.111. The molecule has 15 heavy (non-hydrogen) atoms. The zero-order valence-corrected chi connectivity index (χ0v) is 8.01. The normalized spacial score (nSPS) is 18.7. The minimum Gasteiger partial charge on any atom is -0.369 e. The molecule has 0 aliphatic carbocycles. The first kappa shape index (κ1) is 9.47. The molecule has 1 aromatic carbocycles. The molecule has 1 aliphatic heterocycles. The van der Waals surface area contributed by atoms with Crippen molar-refractivity contribution in [3.63, 3.8) is 0 Å². The first-order valence-electron chi connectivity index (χ1n) is 4.42.